The van der Waals surface area contributed by atoms with Crippen molar-refractivity contribution in [3.05, 3.63) is 0 Å². The molecule has 0 rings (SSSR count). The molecular formula is C20H37N7O8. The highest BCUT2D eigenvalue weighted by atomic mass is 16.4. The maximum absolute atomic E-state index is 12.9. The Morgan fingerprint density at radius 1 is 0.914 bits per heavy atom. The van der Waals surface area contributed by atoms with Crippen molar-refractivity contribution >= 4 is 35.6 Å². The summed E-state index contributed by atoms with van der Waals surface area (Å²) < 4.78 is 0. The third-order valence-electron chi connectivity index (χ3n) is 5.17. The number of nitrogens with two attached hydrogens (primary N) is 3. The van der Waals surface area contributed by atoms with Crippen molar-refractivity contribution in [3.63, 3.8) is 0 Å². The van der Waals surface area contributed by atoms with E-state index in [-0.39, 0.29) is 31.8 Å². The fourth-order valence-electron chi connectivity index (χ4n) is 2.88. The van der Waals surface area contributed by atoms with E-state index in [9.17, 15) is 29.1 Å². The number of carboxylic acid groups (broad SMARTS) is 2. The predicted molar refractivity (Wildman–Crippen MR) is 125 cm³/mol. The minimum atomic E-state index is -1.36. The van der Waals surface area contributed by atoms with Crippen LogP contribution in [0.15, 0.2) is 4.99 Å². The van der Waals surface area contributed by atoms with E-state index in [1.165, 1.54) is 0 Å². The van der Waals surface area contributed by atoms with E-state index >= 15 is 0 Å². The molecule has 0 aliphatic carbocycles. The average molecular weight is 504 g/mol. The fourth-order valence-corrected chi connectivity index (χ4v) is 2.88. The highest BCUT2D eigenvalue weighted by Crippen LogP contribution is 2.11. The Morgan fingerprint density at radius 3 is 2.00 bits per heavy atom. The van der Waals surface area contributed by atoms with Gasteiger partial charge in [-0.2, -0.15) is 0 Å². The number of hydrogen-bond acceptors (Lipinski definition) is 8. The first-order chi connectivity index (χ1) is 16.3. The van der Waals surface area contributed by atoms with Crippen LogP contribution in [0.5, 0.6) is 0 Å². The van der Waals surface area contributed by atoms with Gasteiger partial charge in [0.05, 0.1) is 6.61 Å². The first-order valence-corrected chi connectivity index (χ1v) is 11.1. The van der Waals surface area contributed by atoms with Gasteiger partial charge in [-0.1, -0.05) is 20.3 Å². The Bertz CT molecular complexity index is 773. The van der Waals surface area contributed by atoms with Gasteiger partial charge >= 0.3 is 11.9 Å². The van der Waals surface area contributed by atoms with Crippen LogP contribution >= 0.6 is 0 Å². The Labute approximate surface area is 202 Å². The standard InChI is InChI=1S/C20H37N7O8/c1-3-10(2)15(18(33)26-13(19(34)35)5-4-8-24-20(22)23)27-17(32)12(6-7-14(29)30)25-16(31)11(21)9-28/h10-13,15,28H,3-9,21H2,1-2H3,(H,25,31)(H,26,33)(H,27,32)(H,29,30)(H,34,35)(H4,22,23,24). The summed E-state index contributed by atoms with van der Waals surface area (Å²) in [5.74, 6) is -5.60. The monoisotopic (exact) mass is 503 g/mol. The number of aliphatic hydroxyl groups excluding tert-OH is 1. The second-order valence-electron chi connectivity index (χ2n) is 8.00. The van der Waals surface area contributed by atoms with Crippen molar-refractivity contribution in [2.75, 3.05) is 13.2 Å². The van der Waals surface area contributed by atoms with E-state index in [4.69, 9.17) is 27.4 Å². The highest BCUT2D eigenvalue weighted by molar-refractivity contribution is 5.94. The predicted octanol–water partition coefficient (Wildman–Crippen LogP) is -3.19. The minimum Gasteiger partial charge on any atom is -0.481 e. The van der Waals surface area contributed by atoms with Gasteiger partial charge in [-0.3, -0.25) is 24.2 Å². The van der Waals surface area contributed by atoms with Crippen molar-refractivity contribution < 1.29 is 39.3 Å². The molecule has 12 N–H and O–H groups in total. The summed E-state index contributed by atoms with van der Waals surface area (Å²) in [6.07, 6.45) is -0.0480. The molecule has 0 saturated heterocycles. The third-order valence-corrected chi connectivity index (χ3v) is 5.17. The molecule has 0 aliphatic heterocycles. The molecule has 0 spiro atoms. The first kappa shape index (κ1) is 31.5. The molecule has 0 saturated carbocycles. The van der Waals surface area contributed by atoms with Crippen LogP contribution in [0.4, 0.5) is 0 Å². The van der Waals surface area contributed by atoms with Crippen LogP contribution in [-0.4, -0.2) is 88.3 Å². The Balaban J connectivity index is 5.51. The summed E-state index contributed by atoms with van der Waals surface area (Å²) in [4.78, 5) is 64.1. The van der Waals surface area contributed by atoms with Crippen LogP contribution in [0.2, 0.25) is 0 Å². The zero-order chi connectivity index (χ0) is 27.1. The fraction of sp³-hybridized carbons (Fsp3) is 0.700. The number of hydrogen-bond donors (Lipinski definition) is 9. The van der Waals surface area contributed by atoms with Gasteiger partial charge in [0, 0.05) is 13.0 Å². The van der Waals surface area contributed by atoms with E-state index < -0.39 is 72.8 Å². The van der Waals surface area contributed by atoms with E-state index in [1.54, 1.807) is 13.8 Å². The summed E-state index contributed by atoms with van der Waals surface area (Å²) in [5.41, 5.74) is 15.9. The molecule has 0 radical (unpaired) electrons. The molecule has 5 atom stereocenters. The Morgan fingerprint density at radius 2 is 1.51 bits per heavy atom. The van der Waals surface area contributed by atoms with Crippen LogP contribution < -0.4 is 33.2 Å². The summed E-state index contributed by atoms with van der Waals surface area (Å²) in [5, 5.41) is 34.6. The lowest BCUT2D eigenvalue weighted by molar-refractivity contribution is -0.143. The number of carbonyl (C=O) groups excluding carboxylic acids is 3. The van der Waals surface area contributed by atoms with Crippen molar-refractivity contribution in [1.29, 1.82) is 0 Å². The number of aliphatic imine (C=N–C) groups is 1. The maximum Gasteiger partial charge on any atom is 0.326 e. The SMILES string of the molecule is CCC(C)C(NC(=O)C(CCC(=O)O)NC(=O)C(N)CO)C(=O)NC(CCCN=C(N)N)C(=O)O. The van der Waals surface area contributed by atoms with Crippen molar-refractivity contribution in [1.82, 2.24) is 16.0 Å². The third kappa shape index (κ3) is 12.5. The second-order valence-corrected chi connectivity index (χ2v) is 8.00. The van der Waals surface area contributed by atoms with E-state index in [2.05, 4.69) is 20.9 Å². The zero-order valence-corrected chi connectivity index (χ0v) is 19.9. The molecule has 15 nitrogen and oxygen atoms in total. The molecule has 200 valence electrons. The first-order valence-electron chi connectivity index (χ1n) is 11.1. The van der Waals surface area contributed by atoms with Crippen LogP contribution in [0.25, 0.3) is 0 Å². The van der Waals surface area contributed by atoms with Gasteiger partial charge in [0.15, 0.2) is 5.96 Å². The molecule has 0 fully saturated rings. The molecule has 0 heterocycles. The molecular weight excluding hydrogens is 466 g/mol. The molecule has 0 aromatic heterocycles. The number of nitrogens with one attached hydrogen (secondary N) is 3. The summed E-state index contributed by atoms with van der Waals surface area (Å²) in [7, 11) is 0. The summed E-state index contributed by atoms with van der Waals surface area (Å²) in [6.45, 7) is 2.88. The number of carboxylic acids is 2. The van der Waals surface area contributed by atoms with Crippen LogP contribution in [0, 0.1) is 5.92 Å². The zero-order valence-electron chi connectivity index (χ0n) is 19.9. The number of nitrogens with zero attached hydrogens (tertiary/aromatic N) is 1. The lowest BCUT2D eigenvalue weighted by Gasteiger charge is -2.28. The smallest absolute Gasteiger partial charge is 0.326 e. The van der Waals surface area contributed by atoms with Crippen molar-refractivity contribution in [2.45, 2.75) is 70.1 Å². The number of rotatable bonds is 17. The molecule has 0 aromatic rings. The number of aliphatic carboxylic acids is 2. The number of aliphatic hydroxyl groups is 1. The topological polar surface area (TPSA) is 273 Å². The Hall–Kier alpha value is -3.46. The molecule has 0 bridgehead atoms. The number of carbonyl (C=O) groups is 5. The lowest BCUT2D eigenvalue weighted by Crippen LogP contribution is -2.59. The van der Waals surface area contributed by atoms with Crippen molar-refractivity contribution in [3.8, 4) is 0 Å². The second kappa shape index (κ2) is 16.2. The van der Waals surface area contributed by atoms with Crippen LogP contribution in [0.1, 0.15) is 46.0 Å². The molecule has 0 aromatic carbocycles. The van der Waals surface area contributed by atoms with Gasteiger partial charge in [0.2, 0.25) is 17.7 Å². The lowest BCUT2D eigenvalue weighted by atomic mass is 9.96. The van der Waals surface area contributed by atoms with Gasteiger partial charge < -0.3 is 48.5 Å². The number of amides is 3. The van der Waals surface area contributed by atoms with E-state index in [0.717, 1.165) is 0 Å². The Kier molecular flexibility index (Phi) is 14.6. The maximum atomic E-state index is 12.9. The minimum absolute atomic E-state index is 0.0232. The number of guanidine groups is 1. The van der Waals surface area contributed by atoms with Crippen LogP contribution in [-0.2, 0) is 24.0 Å². The van der Waals surface area contributed by atoms with Gasteiger partial charge in [0.25, 0.3) is 0 Å². The van der Waals surface area contributed by atoms with Crippen LogP contribution in [0.3, 0.4) is 0 Å². The normalized spacial score (nSPS) is 15.0. The molecule has 0 aliphatic rings. The summed E-state index contributed by atoms with van der Waals surface area (Å²) in [6, 6.07) is -5.14. The van der Waals surface area contributed by atoms with Gasteiger partial charge in [0.1, 0.15) is 24.2 Å². The molecule has 5 unspecified atom stereocenters. The largest absolute Gasteiger partial charge is 0.481 e. The van der Waals surface area contributed by atoms with Gasteiger partial charge in [-0.05, 0) is 25.2 Å². The van der Waals surface area contributed by atoms with E-state index in [0.29, 0.717) is 6.42 Å². The molecule has 15 heteroatoms. The highest BCUT2D eigenvalue weighted by Gasteiger charge is 2.32. The van der Waals surface area contributed by atoms with E-state index in [1.807, 2.05) is 0 Å². The average Bonchev–Trinajstić information content (AvgIpc) is 2.79. The van der Waals surface area contributed by atoms with Gasteiger partial charge in [-0.25, -0.2) is 4.79 Å². The summed E-state index contributed by atoms with van der Waals surface area (Å²) >= 11 is 0. The molecule has 3 amide bonds. The van der Waals surface area contributed by atoms with Gasteiger partial charge in [-0.15, -0.1) is 0 Å². The molecule has 35 heavy (non-hydrogen) atoms. The quantitative estimate of drug-likeness (QED) is 0.0541. The van der Waals surface area contributed by atoms with Crippen molar-refractivity contribution in [2.24, 2.45) is 28.1 Å².